The van der Waals surface area contributed by atoms with Crippen molar-refractivity contribution in [3.63, 3.8) is 0 Å². The lowest BCUT2D eigenvalue weighted by Gasteiger charge is -2.30. The quantitative estimate of drug-likeness (QED) is 0.309. The van der Waals surface area contributed by atoms with Gasteiger partial charge in [-0.3, -0.25) is 19.5 Å². The molecule has 1 unspecified atom stereocenters. The van der Waals surface area contributed by atoms with Crippen LogP contribution in [0.4, 0.5) is 0 Å². The molecule has 0 bridgehead atoms. The van der Waals surface area contributed by atoms with Gasteiger partial charge in [-0.15, -0.1) is 0 Å². The van der Waals surface area contributed by atoms with Gasteiger partial charge in [-0.05, 0) is 30.4 Å². The van der Waals surface area contributed by atoms with Crippen molar-refractivity contribution >= 4 is 17.8 Å². The number of nitrogens with zero attached hydrogens (tertiary/aromatic N) is 2. The average Bonchev–Trinajstić information content (AvgIpc) is 2.90. The van der Waals surface area contributed by atoms with E-state index >= 15 is 0 Å². The van der Waals surface area contributed by atoms with E-state index in [0.717, 1.165) is 12.8 Å². The molecule has 2 amide bonds. The molecule has 1 aliphatic rings. The Labute approximate surface area is 167 Å². The highest BCUT2D eigenvalue weighted by Gasteiger charge is 2.34. The summed E-state index contributed by atoms with van der Waals surface area (Å²) in [4.78, 5) is 30.2. The maximum atomic E-state index is 12.3. The van der Waals surface area contributed by atoms with Gasteiger partial charge >= 0.3 is 0 Å². The number of unbranched alkanes of at least 4 members (excludes halogenated alkanes) is 1. The van der Waals surface area contributed by atoms with Gasteiger partial charge in [0.2, 0.25) is 0 Å². The number of fused-ring (bicyclic) bond motifs is 1. The lowest BCUT2D eigenvalue weighted by Crippen LogP contribution is -2.45. The lowest BCUT2D eigenvalue weighted by atomic mass is 9.89. The predicted octanol–water partition coefficient (Wildman–Crippen LogP) is 2.29. The van der Waals surface area contributed by atoms with E-state index in [1.165, 1.54) is 4.90 Å². The number of aliphatic imine (C=N–C) groups is 1. The molecule has 2 N–H and O–H groups in total. The summed E-state index contributed by atoms with van der Waals surface area (Å²) in [6.45, 7) is 8.20. The van der Waals surface area contributed by atoms with Crippen LogP contribution in [0.2, 0.25) is 0 Å². The maximum absolute atomic E-state index is 12.3. The van der Waals surface area contributed by atoms with Gasteiger partial charge in [0, 0.05) is 33.8 Å². The fraction of sp³-hybridized carbons (Fsp3) is 0.571. The highest BCUT2D eigenvalue weighted by atomic mass is 16.5. The zero-order chi connectivity index (χ0) is 20.7. The topological polar surface area (TPSA) is 83.0 Å². The molecule has 154 valence electrons. The molecule has 1 aromatic rings. The first kappa shape index (κ1) is 21.9. The summed E-state index contributed by atoms with van der Waals surface area (Å²) in [5.41, 5.74) is 1.04. The number of guanidine groups is 1. The molecule has 1 aliphatic heterocycles. The van der Waals surface area contributed by atoms with Crippen LogP contribution < -0.4 is 10.6 Å². The summed E-state index contributed by atoms with van der Waals surface area (Å²) in [5, 5.41) is 6.54. The first-order valence-electron chi connectivity index (χ1n) is 9.72. The van der Waals surface area contributed by atoms with Crippen LogP contribution in [0, 0.1) is 5.41 Å². The van der Waals surface area contributed by atoms with Crippen LogP contribution in [0.15, 0.2) is 29.3 Å². The fourth-order valence-electron chi connectivity index (χ4n) is 3.20. The maximum Gasteiger partial charge on any atom is 0.261 e. The van der Waals surface area contributed by atoms with E-state index in [-0.39, 0.29) is 23.3 Å². The predicted molar refractivity (Wildman–Crippen MR) is 111 cm³/mol. The third kappa shape index (κ3) is 5.32. The Kier molecular flexibility index (Phi) is 7.57. The second kappa shape index (κ2) is 9.68. The summed E-state index contributed by atoms with van der Waals surface area (Å²) >= 11 is 0. The van der Waals surface area contributed by atoms with Crippen LogP contribution in [-0.2, 0) is 4.74 Å². The fourth-order valence-corrected chi connectivity index (χ4v) is 3.20. The summed E-state index contributed by atoms with van der Waals surface area (Å²) < 4.78 is 5.54. The third-order valence-electron chi connectivity index (χ3n) is 4.91. The van der Waals surface area contributed by atoms with Crippen LogP contribution in [0.25, 0.3) is 0 Å². The molecule has 0 fully saturated rings. The van der Waals surface area contributed by atoms with Gasteiger partial charge in [0.05, 0.1) is 17.2 Å². The summed E-state index contributed by atoms with van der Waals surface area (Å²) in [6.07, 6.45) is 1.62. The number of amides is 2. The SMILES string of the molecule is CN=C(NCCCCN1C(=O)c2ccccc2C1=O)NCC(OC)C(C)(C)C. The molecule has 0 spiro atoms. The van der Waals surface area contributed by atoms with E-state index in [2.05, 4.69) is 36.4 Å². The zero-order valence-corrected chi connectivity index (χ0v) is 17.5. The number of rotatable bonds is 8. The molecule has 7 nitrogen and oxygen atoms in total. The molecule has 0 aromatic heterocycles. The first-order valence-corrected chi connectivity index (χ1v) is 9.72. The smallest absolute Gasteiger partial charge is 0.261 e. The Hall–Kier alpha value is -2.41. The normalized spacial score (nSPS) is 15.6. The lowest BCUT2D eigenvalue weighted by molar-refractivity contribution is 0.0205. The van der Waals surface area contributed by atoms with E-state index in [1.807, 2.05) is 0 Å². The minimum absolute atomic E-state index is 0.0347. The second-order valence-electron chi connectivity index (χ2n) is 7.98. The van der Waals surface area contributed by atoms with E-state index in [4.69, 9.17) is 4.74 Å². The van der Waals surface area contributed by atoms with Crippen molar-refractivity contribution in [1.29, 1.82) is 0 Å². The molecule has 28 heavy (non-hydrogen) atoms. The number of carbonyl (C=O) groups excluding carboxylic acids is 2. The summed E-state index contributed by atoms with van der Waals surface area (Å²) in [7, 11) is 3.44. The minimum atomic E-state index is -0.196. The molecular weight excluding hydrogens is 356 g/mol. The molecule has 1 atom stereocenters. The Morgan fingerprint density at radius 1 is 1.11 bits per heavy atom. The average molecular weight is 389 g/mol. The van der Waals surface area contributed by atoms with Crippen LogP contribution in [0.3, 0.4) is 0 Å². The zero-order valence-electron chi connectivity index (χ0n) is 17.5. The molecule has 0 saturated heterocycles. The molecule has 2 rings (SSSR count). The monoisotopic (exact) mass is 388 g/mol. The molecular formula is C21H32N4O3. The van der Waals surface area contributed by atoms with Gasteiger partial charge in [-0.25, -0.2) is 0 Å². The second-order valence-corrected chi connectivity index (χ2v) is 7.98. The van der Waals surface area contributed by atoms with E-state index < -0.39 is 0 Å². The van der Waals surface area contributed by atoms with Gasteiger partial charge < -0.3 is 15.4 Å². The van der Waals surface area contributed by atoms with Gasteiger partial charge in [0.25, 0.3) is 11.8 Å². The number of methoxy groups -OCH3 is 1. The number of hydrogen-bond donors (Lipinski definition) is 2. The Morgan fingerprint density at radius 2 is 1.71 bits per heavy atom. The van der Waals surface area contributed by atoms with Crippen LogP contribution >= 0.6 is 0 Å². The van der Waals surface area contributed by atoms with Gasteiger partial charge in [0.15, 0.2) is 5.96 Å². The number of nitrogens with one attached hydrogen (secondary N) is 2. The molecule has 1 aromatic carbocycles. The summed E-state index contributed by atoms with van der Waals surface area (Å²) in [6, 6.07) is 6.98. The Bertz CT molecular complexity index is 690. The van der Waals surface area contributed by atoms with E-state index in [0.29, 0.717) is 36.7 Å². The van der Waals surface area contributed by atoms with Crippen LogP contribution in [0.5, 0.6) is 0 Å². The van der Waals surface area contributed by atoms with Crippen molar-refractivity contribution in [2.75, 3.05) is 33.8 Å². The molecule has 1 heterocycles. The minimum Gasteiger partial charge on any atom is -0.379 e. The largest absolute Gasteiger partial charge is 0.379 e. The number of benzene rings is 1. The van der Waals surface area contributed by atoms with Crippen LogP contribution in [0.1, 0.15) is 54.3 Å². The van der Waals surface area contributed by atoms with E-state index in [1.54, 1.807) is 38.4 Å². The summed E-state index contributed by atoms with van der Waals surface area (Å²) in [5.74, 6) is 0.324. The molecule has 0 aliphatic carbocycles. The van der Waals surface area contributed by atoms with Crippen LogP contribution in [-0.4, -0.2) is 62.6 Å². The number of imide groups is 1. The number of hydrogen-bond acceptors (Lipinski definition) is 4. The van der Waals surface area contributed by atoms with Gasteiger partial charge in [0.1, 0.15) is 0 Å². The number of ether oxygens (including phenoxy) is 1. The van der Waals surface area contributed by atoms with Crippen molar-refractivity contribution in [3.8, 4) is 0 Å². The van der Waals surface area contributed by atoms with Crippen molar-refractivity contribution in [2.24, 2.45) is 10.4 Å². The van der Waals surface area contributed by atoms with Crippen molar-refractivity contribution in [1.82, 2.24) is 15.5 Å². The first-order chi connectivity index (χ1) is 13.3. The van der Waals surface area contributed by atoms with Gasteiger partial charge in [-0.2, -0.15) is 0 Å². The van der Waals surface area contributed by atoms with Crippen molar-refractivity contribution in [2.45, 2.75) is 39.7 Å². The van der Waals surface area contributed by atoms with Gasteiger partial charge in [-0.1, -0.05) is 32.9 Å². The van der Waals surface area contributed by atoms with E-state index in [9.17, 15) is 9.59 Å². The highest BCUT2D eigenvalue weighted by molar-refractivity contribution is 6.21. The Morgan fingerprint density at radius 3 is 2.21 bits per heavy atom. The Balaban J connectivity index is 1.71. The molecule has 0 radical (unpaired) electrons. The molecule has 7 heteroatoms. The van der Waals surface area contributed by atoms with Crippen molar-refractivity contribution < 1.29 is 14.3 Å². The number of carbonyl (C=O) groups is 2. The standard InChI is InChI=1S/C21H32N4O3/c1-21(2,3)17(28-5)14-24-20(22-4)23-12-8-9-13-25-18(26)15-10-6-7-11-16(15)19(25)27/h6-7,10-11,17H,8-9,12-14H2,1-5H3,(H2,22,23,24). The molecule has 0 saturated carbocycles. The van der Waals surface area contributed by atoms with Crippen molar-refractivity contribution in [3.05, 3.63) is 35.4 Å². The highest BCUT2D eigenvalue weighted by Crippen LogP contribution is 2.22. The third-order valence-corrected chi connectivity index (χ3v) is 4.91.